The van der Waals surface area contributed by atoms with E-state index < -0.39 is 0 Å². The standard InChI is InChI=1S/C16H23N3O3/c20-15(14-7-3-12-22-14)18-8-4-9-19(11-10-18)16(21)17-13-5-1-2-6-13/h3,7,12-13H,1-2,4-6,8-11H2,(H,17,21). The summed E-state index contributed by atoms with van der Waals surface area (Å²) in [4.78, 5) is 28.2. The first kappa shape index (κ1) is 14.9. The summed E-state index contributed by atoms with van der Waals surface area (Å²) in [6, 6.07) is 3.74. The average molecular weight is 305 g/mol. The fraction of sp³-hybridized carbons (Fsp3) is 0.625. The Morgan fingerprint density at radius 2 is 1.77 bits per heavy atom. The largest absolute Gasteiger partial charge is 0.459 e. The molecule has 0 spiro atoms. The highest BCUT2D eigenvalue weighted by Gasteiger charge is 2.25. The Labute approximate surface area is 130 Å². The molecule has 120 valence electrons. The summed E-state index contributed by atoms with van der Waals surface area (Å²) in [6.45, 7) is 2.48. The molecule has 0 atom stereocenters. The topological polar surface area (TPSA) is 65.8 Å². The number of nitrogens with one attached hydrogen (secondary N) is 1. The molecule has 0 radical (unpaired) electrons. The van der Waals surface area contributed by atoms with Gasteiger partial charge in [0, 0.05) is 32.2 Å². The number of amides is 3. The molecule has 1 saturated carbocycles. The van der Waals surface area contributed by atoms with E-state index in [9.17, 15) is 9.59 Å². The summed E-state index contributed by atoms with van der Waals surface area (Å²) < 4.78 is 5.17. The lowest BCUT2D eigenvalue weighted by molar-refractivity contribution is 0.0730. The minimum absolute atomic E-state index is 0.0131. The Bertz CT molecular complexity index is 509. The van der Waals surface area contributed by atoms with Crippen LogP contribution in [0.4, 0.5) is 4.79 Å². The second-order valence-corrected chi connectivity index (χ2v) is 6.04. The van der Waals surface area contributed by atoms with Crippen molar-refractivity contribution >= 4 is 11.9 Å². The molecule has 1 aliphatic heterocycles. The van der Waals surface area contributed by atoms with Crippen LogP contribution in [0, 0.1) is 0 Å². The summed E-state index contributed by atoms with van der Waals surface area (Å²) in [5, 5.41) is 3.11. The van der Waals surface area contributed by atoms with E-state index in [1.807, 2.05) is 4.90 Å². The number of rotatable bonds is 2. The Balaban J connectivity index is 1.53. The molecule has 1 saturated heterocycles. The second-order valence-electron chi connectivity index (χ2n) is 6.04. The Kier molecular flexibility index (Phi) is 4.65. The number of urea groups is 1. The van der Waals surface area contributed by atoms with Gasteiger partial charge in [0.15, 0.2) is 5.76 Å². The summed E-state index contributed by atoms with van der Waals surface area (Å²) >= 11 is 0. The first-order chi connectivity index (χ1) is 10.7. The van der Waals surface area contributed by atoms with Crippen molar-refractivity contribution in [3.63, 3.8) is 0 Å². The van der Waals surface area contributed by atoms with Gasteiger partial charge in [0.25, 0.3) is 5.91 Å². The number of carbonyl (C=O) groups is 2. The fourth-order valence-electron chi connectivity index (χ4n) is 3.22. The predicted molar refractivity (Wildman–Crippen MR) is 81.6 cm³/mol. The molecule has 1 aromatic heterocycles. The Morgan fingerprint density at radius 1 is 1.05 bits per heavy atom. The molecule has 2 fully saturated rings. The van der Waals surface area contributed by atoms with E-state index in [2.05, 4.69) is 5.32 Å². The third-order valence-electron chi connectivity index (χ3n) is 4.49. The smallest absolute Gasteiger partial charge is 0.317 e. The van der Waals surface area contributed by atoms with E-state index in [0.717, 1.165) is 19.3 Å². The number of furan rings is 1. The highest BCUT2D eigenvalue weighted by Crippen LogP contribution is 2.18. The number of carbonyl (C=O) groups excluding carboxylic acids is 2. The lowest BCUT2D eigenvalue weighted by Crippen LogP contribution is -2.45. The van der Waals surface area contributed by atoms with Crippen molar-refractivity contribution < 1.29 is 14.0 Å². The van der Waals surface area contributed by atoms with Crippen molar-refractivity contribution in [3.8, 4) is 0 Å². The average Bonchev–Trinajstić information content (AvgIpc) is 3.16. The molecular formula is C16H23N3O3. The van der Waals surface area contributed by atoms with Crippen LogP contribution in [0.5, 0.6) is 0 Å². The molecule has 6 heteroatoms. The fourth-order valence-corrected chi connectivity index (χ4v) is 3.22. The zero-order chi connectivity index (χ0) is 15.4. The molecule has 2 aliphatic rings. The van der Waals surface area contributed by atoms with E-state index >= 15 is 0 Å². The zero-order valence-corrected chi connectivity index (χ0v) is 12.8. The van der Waals surface area contributed by atoms with Gasteiger partial charge in [-0.05, 0) is 31.4 Å². The van der Waals surface area contributed by atoms with Gasteiger partial charge >= 0.3 is 6.03 Å². The molecule has 3 amide bonds. The summed E-state index contributed by atoms with van der Waals surface area (Å²) in [6.07, 6.45) is 6.88. The molecule has 22 heavy (non-hydrogen) atoms. The number of nitrogens with zero attached hydrogens (tertiary/aromatic N) is 2. The molecule has 0 unspecified atom stereocenters. The van der Waals surface area contributed by atoms with Gasteiger partial charge in [0.2, 0.25) is 0 Å². The first-order valence-electron chi connectivity index (χ1n) is 8.12. The van der Waals surface area contributed by atoms with E-state index in [4.69, 9.17) is 4.42 Å². The first-order valence-corrected chi connectivity index (χ1v) is 8.12. The second kappa shape index (κ2) is 6.85. The van der Waals surface area contributed by atoms with Crippen LogP contribution in [0.3, 0.4) is 0 Å². The van der Waals surface area contributed by atoms with Gasteiger partial charge in [0.05, 0.1) is 6.26 Å². The van der Waals surface area contributed by atoms with E-state index in [0.29, 0.717) is 38.0 Å². The lowest BCUT2D eigenvalue weighted by atomic mass is 10.2. The molecule has 6 nitrogen and oxygen atoms in total. The quantitative estimate of drug-likeness (QED) is 0.909. The van der Waals surface area contributed by atoms with Gasteiger partial charge in [-0.1, -0.05) is 12.8 Å². The molecule has 1 aliphatic carbocycles. The predicted octanol–water partition coefficient (Wildman–Crippen LogP) is 2.08. The lowest BCUT2D eigenvalue weighted by Gasteiger charge is -2.24. The van der Waals surface area contributed by atoms with Gasteiger partial charge in [-0.25, -0.2) is 4.79 Å². The Hall–Kier alpha value is -1.98. The molecule has 2 heterocycles. The van der Waals surface area contributed by atoms with Gasteiger partial charge < -0.3 is 19.5 Å². The van der Waals surface area contributed by atoms with Crippen LogP contribution in [-0.2, 0) is 0 Å². The highest BCUT2D eigenvalue weighted by atomic mass is 16.3. The number of hydrogen-bond donors (Lipinski definition) is 1. The van der Waals surface area contributed by atoms with Crippen molar-refractivity contribution in [1.29, 1.82) is 0 Å². The van der Waals surface area contributed by atoms with Gasteiger partial charge in [-0.2, -0.15) is 0 Å². The van der Waals surface area contributed by atoms with Crippen LogP contribution < -0.4 is 5.32 Å². The zero-order valence-electron chi connectivity index (χ0n) is 12.8. The van der Waals surface area contributed by atoms with E-state index in [1.165, 1.54) is 19.1 Å². The normalized spacial score (nSPS) is 20.0. The van der Waals surface area contributed by atoms with Crippen molar-refractivity contribution in [1.82, 2.24) is 15.1 Å². The molecule has 3 rings (SSSR count). The molecule has 0 bridgehead atoms. The maximum atomic E-state index is 12.3. The van der Waals surface area contributed by atoms with Crippen LogP contribution in [0.2, 0.25) is 0 Å². The summed E-state index contributed by atoms with van der Waals surface area (Å²) in [5.41, 5.74) is 0. The van der Waals surface area contributed by atoms with Crippen LogP contribution in [0.15, 0.2) is 22.8 Å². The van der Waals surface area contributed by atoms with Gasteiger partial charge in [0.1, 0.15) is 0 Å². The third kappa shape index (κ3) is 3.43. The minimum Gasteiger partial charge on any atom is -0.459 e. The minimum atomic E-state index is -0.0944. The van der Waals surface area contributed by atoms with Crippen LogP contribution in [0.25, 0.3) is 0 Å². The maximum absolute atomic E-state index is 12.3. The monoisotopic (exact) mass is 305 g/mol. The SMILES string of the molecule is O=C(NC1CCCC1)N1CCCN(C(=O)c2ccco2)CC1. The van der Waals surface area contributed by atoms with Crippen molar-refractivity contribution in [2.24, 2.45) is 0 Å². The third-order valence-corrected chi connectivity index (χ3v) is 4.49. The molecule has 1 aromatic rings. The van der Waals surface area contributed by atoms with Crippen molar-refractivity contribution in [2.75, 3.05) is 26.2 Å². The molecule has 0 aromatic carbocycles. The Morgan fingerprint density at radius 3 is 2.50 bits per heavy atom. The van der Waals surface area contributed by atoms with Crippen molar-refractivity contribution in [2.45, 2.75) is 38.1 Å². The summed E-state index contributed by atoms with van der Waals surface area (Å²) in [7, 11) is 0. The highest BCUT2D eigenvalue weighted by molar-refractivity contribution is 5.91. The maximum Gasteiger partial charge on any atom is 0.317 e. The molecule has 1 N–H and O–H groups in total. The van der Waals surface area contributed by atoms with E-state index in [1.54, 1.807) is 17.0 Å². The van der Waals surface area contributed by atoms with E-state index in [-0.39, 0.29) is 11.9 Å². The summed E-state index contributed by atoms with van der Waals surface area (Å²) in [5.74, 6) is 0.270. The van der Waals surface area contributed by atoms with Gasteiger partial charge in [-0.3, -0.25) is 4.79 Å². The van der Waals surface area contributed by atoms with Crippen LogP contribution >= 0.6 is 0 Å². The van der Waals surface area contributed by atoms with Gasteiger partial charge in [-0.15, -0.1) is 0 Å². The number of hydrogen-bond acceptors (Lipinski definition) is 3. The molecular weight excluding hydrogens is 282 g/mol. The van der Waals surface area contributed by atoms with Crippen molar-refractivity contribution in [3.05, 3.63) is 24.2 Å². The van der Waals surface area contributed by atoms with Crippen LogP contribution in [-0.4, -0.2) is 54.0 Å². The van der Waals surface area contributed by atoms with Crippen LogP contribution in [0.1, 0.15) is 42.7 Å².